The van der Waals surface area contributed by atoms with Crippen LogP contribution in [0.25, 0.3) is 11.4 Å². The number of piperazine rings is 2. The van der Waals surface area contributed by atoms with Gasteiger partial charge in [0.25, 0.3) is 5.56 Å². The van der Waals surface area contributed by atoms with Gasteiger partial charge in [-0.3, -0.25) is 9.36 Å². The lowest BCUT2D eigenvalue weighted by Gasteiger charge is -2.40. The monoisotopic (exact) mass is 472 g/mol. The third kappa shape index (κ3) is 4.41. The van der Waals surface area contributed by atoms with E-state index < -0.39 is 0 Å². The Hall–Kier alpha value is -3.30. The number of hydrogen-bond donors (Lipinski definition) is 2. The number of anilines is 2. The quantitative estimate of drug-likeness (QED) is 0.593. The molecule has 2 N–H and O–H groups in total. The zero-order valence-corrected chi connectivity index (χ0v) is 20.3. The molecule has 1 saturated carbocycles. The van der Waals surface area contributed by atoms with Gasteiger partial charge in [-0.1, -0.05) is 12.1 Å². The van der Waals surface area contributed by atoms with Crippen molar-refractivity contribution in [3.8, 4) is 11.4 Å². The predicted octanol–water partition coefficient (Wildman–Crippen LogP) is 1.72. The van der Waals surface area contributed by atoms with E-state index in [4.69, 9.17) is 4.98 Å². The summed E-state index contributed by atoms with van der Waals surface area (Å²) in [6.07, 6.45) is 5.70. The molecule has 182 valence electrons. The van der Waals surface area contributed by atoms with E-state index in [1.54, 1.807) is 23.9 Å². The van der Waals surface area contributed by atoms with E-state index in [1.165, 1.54) is 36.5 Å². The number of hydrogen-bond acceptors (Lipinski definition) is 8. The van der Waals surface area contributed by atoms with E-state index in [9.17, 15) is 4.79 Å². The Morgan fingerprint density at radius 1 is 1.06 bits per heavy atom. The van der Waals surface area contributed by atoms with Crippen molar-refractivity contribution in [2.24, 2.45) is 7.05 Å². The van der Waals surface area contributed by atoms with Crippen molar-refractivity contribution in [1.82, 2.24) is 30.2 Å². The summed E-state index contributed by atoms with van der Waals surface area (Å²) in [6.45, 7) is 6.75. The lowest BCUT2D eigenvalue weighted by atomic mass is 10.0. The fourth-order valence-electron chi connectivity index (χ4n) is 5.48. The van der Waals surface area contributed by atoms with Gasteiger partial charge in [-0.05, 0) is 43.5 Å². The van der Waals surface area contributed by atoms with Crippen molar-refractivity contribution in [3.63, 3.8) is 0 Å². The minimum atomic E-state index is -0.0956. The van der Waals surface area contributed by atoms with Crippen molar-refractivity contribution in [1.29, 1.82) is 0 Å². The minimum absolute atomic E-state index is 0.0956. The summed E-state index contributed by atoms with van der Waals surface area (Å²) >= 11 is 0. The Kier molecular flexibility index (Phi) is 5.53. The van der Waals surface area contributed by atoms with Crippen molar-refractivity contribution < 1.29 is 0 Å². The maximum atomic E-state index is 12.7. The third-order valence-electron chi connectivity index (χ3n) is 7.47. The van der Waals surface area contributed by atoms with E-state index in [0.29, 0.717) is 28.9 Å². The highest BCUT2D eigenvalue weighted by molar-refractivity contribution is 5.55. The van der Waals surface area contributed by atoms with Gasteiger partial charge in [0, 0.05) is 75.3 Å². The molecule has 0 unspecified atom stereocenters. The van der Waals surface area contributed by atoms with Crippen LogP contribution in [0.15, 0.2) is 53.7 Å². The van der Waals surface area contributed by atoms with Crippen LogP contribution in [0.4, 0.5) is 11.6 Å². The molecule has 0 radical (unpaired) electrons. The first-order valence-electron chi connectivity index (χ1n) is 12.5. The highest BCUT2D eigenvalue weighted by Gasteiger charge is 2.47. The van der Waals surface area contributed by atoms with Crippen LogP contribution in [0, 0.1) is 0 Å². The summed E-state index contributed by atoms with van der Waals surface area (Å²) in [5.74, 6) is 0.666. The lowest BCUT2D eigenvalue weighted by Crippen LogP contribution is -2.57. The Bertz CT molecular complexity index is 1250. The molecule has 0 bridgehead atoms. The van der Waals surface area contributed by atoms with Gasteiger partial charge in [-0.2, -0.15) is 0 Å². The molecule has 1 aliphatic carbocycles. The lowest BCUT2D eigenvalue weighted by molar-refractivity contribution is 0.372. The van der Waals surface area contributed by atoms with Crippen LogP contribution < -0.4 is 26.0 Å². The molecular weight excluding hydrogens is 440 g/mol. The summed E-state index contributed by atoms with van der Waals surface area (Å²) in [5, 5.41) is 7.42. The zero-order chi connectivity index (χ0) is 24.0. The van der Waals surface area contributed by atoms with Gasteiger partial charge in [-0.25, -0.2) is 15.0 Å². The molecule has 9 heteroatoms. The molecule has 6 rings (SSSR count). The fourth-order valence-corrected chi connectivity index (χ4v) is 5.48. The summed E-state index contributed by atoms with van der Waals surface area (Å²) in [4.78, 5) is 30.5. The average molecular weight is 473 g/mol. The number of nitrogens with one attached hydrogen (secondary N) is 2. The second-order valence-corrected chi connectivity index (χ2v) is 10.2. The summed E-state index contributed by atoms with van der Waals surface area (Å²) in [5.41, 5.74) is 4.01. The van der Waals surface area contributed by atoms with Crippen molar-refractivity contribution in [2.45, 2.75) is 37.4 Å². The third-order valence-corrected chi connectivity index (χ3v) is 7.47. The van der Waals surface area contributed by atoms with Crippen LogP contribution in [0.5, 0.6) is 0 Å². The molecule has 0 amide bonds. The van der Waals surface area contributed by atoms with E-state index in [-0.39, 0.29) is 11.6 Å². The normalized spacial score (nSPS) is 23.5. The molecule has 2 aromatic heterocycles. The molecular formula is C26H32N8O. The molecule has 2 atom stereocenters. The maximum absolute atomic E-state index is 12.7. The van der Waals surface area contributed by atoms with Gasteiger partial charge in [0.15, 0.2) is 0 Å². The van der Waals surface area contributed by atoms with Gasteiger partial charge < -0.3 is 20.4 Å². The predicted molar refractivity (Wildman–Crippen MR) is 137 cm³/mol. The van der Waals surface area contributed by atoms with E-state index in [2.05, 4.69) is 61.6 Å². The van der Waals surface area contributed by atoms with Crippen molar-refractivity contribution in [2.75, 3.05) is 42.5 Å². The Morgan fingerprint density at radius 2 is 1.89 bits per heavy atom. The molecule has 3 aromatic rings. The molecule has 3 fully saturated rings. The van der Waals surface area contributed by atoms with Crippen LogP contribution >= 0.6 is 0 Å². The van der Waals surface area contributed by atoms with Crippen molar-refractivity contribution >= 4 is 11.6 Å². The van der Waals surface area contributed by atoms with E-state index >= 15 is 0 Å². The first-order chi connectivity index (χ1) is 17.0. The number of nitrogens with zero attached hydrogens (tertiary/aromatic N) is 6. The second-order valence-electron chi connectivity index (χ2n) is 10.2. The molecule has 35 heavy (non-hydrogen) atoms. The largest absolute Gasteiger partial charge is 0.368 e. The SMILES string of the molecule is C[C@@H]1CN(c2ccc([C@H]3CN(c4nc(-c5ccncn5)cc(=O)n4C)CCN3)cc2)CC2(CC2)N1. The first-order valence-corrected chi connectivity index (χ1v) is 12.5. The zero-order valence-electron chi connectivity index (χ0n) is 20.3. The van der Waals surface area contributed by atoms with Crippen LogP contribution in [-0.4, -0.2) is 63.8 Å². The van der Waals surface area contributed by atoms with Gasteiger partial charge in [0.1, 0.15) is 6.33 Å². The van der Waals surface area contributed by atoms with E-state index in [0.717, 1.165) is 32.7 Å². The molecule has 1 spiro atoms. The highest BCUT2D eigenvalue weighted by atomic mass is 16.1. The smallest absolute Gasteiger partial charge is 0.255 e. The Balaban J connectivity index is 1.21. The van der Waals surface area contributed by atoms with Gasteiger partial charge in [0.05, 0.1) is 11.4 Å². The number of rotatable bonds is 4. The molecule has 4 heterocycles. The molecule has 1 aromatic carbocycles. The van der Waals surface area contributed by atoms with Gasteiger partial charge in [-0.15, -0.1) is 0 Å². The maximum Gasteiger partial charge on any atom is 0.255 e. The van der Waals surface area contributed by atoms with Crippen LogP contribution in [-0.2, 0) is 7.05 Å². The van der Waals surface area contributed by atoms with Crippen LogP contribution in [0.2, 0.25) is 0 Å². The second kappa shape index (κ2) is 8.73. The van der Waals surface area contributed by atoms with Crippen LogP contribution in [0.1, 0.15) is 31.4 Å². The molecule has 2 saturated heterocycles. The van der Waals surface area contributed by atoms with Crippen LogP contribution in [0.3, 0.4) is 0 Å². The van der Waals surface area contributed by atoms with Crippen molar-refractivity contribution in [3.05, 3.63) is 64.8 Å². The minimum Gasteiger partial charge on any atom is -0.368 e. The standard InChI is InChI=1S/C26H32N8O/c1-18-14-34(16-26(31-18)8-9-26)20-5-3-19(4-6-20)23-15-33(12-11-28-23)25-30-22(13-24(35)32(25)2)21-7-10-27-17-29-21/h3-7,10,13,17-18,23,28,31H,8-9,11-12,14-16H2,1-2H3/t18-,23-/m1/s1. The summed E-state index contributed by atoms with van der Waals surface area (Å²) in [6, 6.07) is 13.0. The summed E-state index contributed by atoms with van der Waals surface area (Å²) < 4.78 is 1.62. The fraction of sp³-hybridized carbons (Fsp3) is 0.462. The average Bonchev–Trinajstić information content (AvgIpc) is 3.63. The molecule has 9 nitrogen and oxygen atoms in total. The number of benzene rings is 1. The van der Waals surface area contributed by atoms with E-state index in [1.807, 2.05) is 0 Å². The number of aromatic nitrogens is 4. The van der Waals surface area contributed by atoms with Gasteiger partial charge >= 0.3 is 0 Å². The Morgan fingerprint density at radius 3 is 2.63 bits per heavy atom. The first kappa shape index (κ1) is 22.2. The Labute approximate surface area is 205 Å². The molecule has 3 aliphatic rings. The molecule has 2 aliphatic heterocycles. The highest BCUT2D eigenvalue weighted by Crippen LogP contribution is 2.40. The summed E-state index contributed by atoms with van der Waals surface area (Å²) in [7, 11) is 1.78. The van der Waals surface area contributed by atoms with Gasteiger partial charge in [0.2, 0.25) is 5.95 Å². The topological polar surface area (TPSA) is 91.2 Å².